The Morgan fingerprint density at radius 2 is 1.30 bits per heavy atom. The average Bonchev–Trinajstić information content (AvgIpc) is 3.32. The molecule has 1 fully saturated rings. The van der Waals surface area contributed by atoms with Crippen LogP contribution in [-0.4, -0.2) is 6.16 Å². The van der Waals surface area contributed by atoms with E-state index < -0.39 is 0 Å². The average molecular weight is 282 g/mol. The molecule has 0 spiro atoms. The molecule has 0 atom stereocenters. The van der Waals surface area contributed by atoms with Crippen molar-refractivity contribution in [2.45, 2.75) is 26.7 Å². The molecule has 0 aromatic heterocycles. The molecule has 1 aliphatic rings. The van der Waals surface area contributed by atoms with Crippen LogP contribution in [-0.2, 0) is 0 Å². The van der Waals surface area contributed by atoms with Crippen molar-refractivity contribution in [1.82, 2.24) is 0 Å². The first-order valence-electron chi connectivity index (χ1n) is 7.54. The fourth-order valence-electron chi connectivity index (χ4n) is 2.95. The maximum atomic E-state index is 2.46. The molecule has 0 saturated heterocycles. The Kier molecular flexibility index (Phi) is 3.94. The van der Waals surface area contributed by atoms with Gasteiger partial charge in [0.25, 0.3) is 0 Å². The summed E-state index contributed by atoms with van der Waals surface area (Å²) in [6.07, 6.45) is 4.17. The molecule has 0 N–H and O–H groups in total. The Bertz CT molecular complexity index is 501. The zero-order valence-electron chi connectivity index (χ0n) is 12.4. The van der Waals surface area contributed by atoms with Crippen molar-refractivity contribution >= 4 is 18.5 Å². The summed E-state index contributed by atoms with van der Waals surface area (Å²) in [4.78, 5) is 0. The molecule has 3 rings (SSSR count). The van der Waals surface area contributed by atoms with Gasteiger partial charge in [-0.3, -0.25) is 0 Å². The van der Waals surface area contributed by atoms with E-state index in [-0.39, 0.29) is 7.92 Å². The molecule has 0 amide bonds. The van der Waals surface area contributed by atoms with Crippen LogP contribution in [0.3, 0.4) is 0 Å². The van der Waals surface area contributed by atoms with Gasteiger partial charge in [-0.25, -0.2) is 0 Å². The molecule has 1 saturated carbocycles. The Balaban J connectivity index is 1.92. The van der Waals surface area contributed by atoms with E-state index in [9.17, 15) is 0 Å². The van der Waals surface area contributed by atoms with Crippen LogP contribution in [0.15, 0.2) is 60.7 Å². The SMILES string of the molecule is CC(C)(CP(c1ccccc1)c1ccccc1)C1CC1. The minimum atomic E-state index is -0.231. The summed E-state index contributed by atoms with van der Waals surface area (Å²) in [6, 6.07) is 22.2. The third-order valence-corrected chi connectivity index (χ3v) is 7.36. The smallest absolute Gasteiger partial charge is 0.0191 e. The highest BCUT2D eigenvalue weighted by Crippen LogP contribution is 2.51. The molecule has 20 heavy (non-hydrogen) atoms. The predicted octanol–water partition coefficient (Wildman–Crippen LogP) is 4.56. The van der Waals surface area contributed by atoms with Crippen LogP contribution in [0.2, 0.25) is 0 Å². The molecular formula is C19H23P. The van der Waals surface area contributed by atoms with Crippen molar-refractivity contribution in [3.05, 3.63) is 60.7 Å². The number of benzene rings is 2. The summed E-state index contributed by atoms with van der Waals surface area (Å²) in [6.45, 7) is 4.93. The summed E-state index contributed by atoms with van der Waals surface area (Å²) >= 11 is 0. The molecule has 0 nitrogen and oxygen atoms in total. The van der Waals surface area contributed by atoms with Gasteiger partial charge in [0, 0.05) is 0 Å². The van der Waals surface area contributed by atoms with Gasteiger partial charge < -0.3 is 0 Å². The molecule has 0 radical (unpaired) electrons. The van der Waals surface area contributed by atoms with Gasteiger partial charge in [-0.2, -0.15) is 0 Å². The van der Waals surface area contributed by atoms with Crippen molar-refractivity contribution in [3.8, 4) is 0 Å². The van der Waals surface area contributed by atoms with Crippen molar-refractivity contribution < 1.29 is 0 Å². The largest absolute Gasteiger partial charge is 0.0622 e. The second kappa shape index (κ2) is 5.70. The van der Waals surface area contributed by atoms with Crippen LogP contribution in [0.25, 0.3) is 0 Å². The standard InChI is InChI=1S/C19H23P/c1-19(2,16-13-14-16)15-20(17-9-5-3-6-10-17)18-11-7-4-8-12-18/h3-12,16H,13-15H2,1-2H3. The van der Waals surface area contributed by atoms with Gasteiger partial charge in [-0.15, -0.1) is 0 Å². The molecule has 1 heteroatoms. The van der Waals surface area contributed by atoms with Crippen LogP contribution >= 0.6 is 7.92 Å². The van der Waals surface area contributed by atoms with Crippen LogP contribution in [0.1, 0.15) is 26.7 Å². The molecule has 104 valence electrons. The van der Waals surface area contributed by atoms with Gasteiger partial charge in [0.15, 0.2) is 0 Å². The van der Waals surface area contributed by atoms with E-state index in [0.717, 1.165) is 5.92 Å². The zero-order chi connectivity index (χ0) is 14.0. The molecular weight excluding hydrogens is 259 g/mol. The Labute approximate surface area is 124 Å². The highest BCUT2D eigenvalue weighted by atomic mass is 31.1. The van der Waals surface area contributed by atoms with E-state index in [0.29, 0.717) is 5.41 Å². The molecule has 0 aliphatic heterocycles. The van der Waals surface area contributed by atoms with E-state index in [1.54, 1.807) is 0 Å². The lowest BCUT2D eigenvalue weighted by atomic mass is 9.90. The molecule has 2 aromatic carbocycles. The van der Waals surface area contributed by atoms with Gasteiger partial charge >= 0.3 is 0 Å². The first kappa shape index (κ1) is 13.8. The van der Waals surface area contributed by atoms with Gasteiger partial charge in [0.2, 0.25) is 0 Å². The summed E-state index contributed by atoms with van der Waals surface area (Å²) in [5.41, 5.74) is 0.470. The number of hydrogen-bond acceptors (Lipinski definition) is 0. The third kappa shape index (κ3) is 3.13. The van der Waals surface area contributed by atoms with E-state index in [1.807, 2.05) is 0 Å². The van der Waals surface area contributed by atoms with E-state index in [4.69, 9.17) is 0 Å². The van der Waals surface area contributed by atoms with Crippen molar-refractivity contribution in [3.63, 3.8) is 0 Å². The lowest BCUT2D eigenvalue weighted by Crippen LogP contribution is -2.25. The molecule has 0 unspecified atom stereocenters. The Hall–Kier alpha value is -1.13. The Morgan fingerprint density at radius 3 is 1.70 bits per heavy atom. The fourth-order valence-corrected chi connectivity index (χ4v) is 5.75. The maximum Gasteiger partial charge on any atom is -0.0191 e. The van der Waals surface area contributed by atoms with E-state index in [2.05, 4.69) is 74.5 Å². The summed E-state index contributed by atoms with van der Waals surface area (Å²) in [5.74, 6) is 0.944. The molecule has 0 bridgehead atoms. The second-order valence-electron chi connectivity index (χ2n) is 6.52. The molecule has 1 aliphatic carbocycles. The third-order valence-electron chi connectivity index (χ3n) is 4.38. The second-order valence-corrected chi connectivity index (χ2v) is 8.73. The minimum absolute atomic E-state index is 0.231. The quantitative estimate of drug-likeness (QED) is 0.705. The van der Waals surface area contributed by atoms with Crippen molar-refractivity contribution in [2.75, 3.05) is 6.16 Å². The maximum absolute atomic E-state index is 2.46. The summed E-state index contributed by atoms with van der Waals surface area (Å²) < 4.78 is 0. The summed E-state index contributed by atoms with van der Waals surface area (Å²) in [5, 5.41) is 3.03. The van der Waals surface area contributed by atoms with Crippen LogP contribution in [0, 0.1) is 11.3 Å². The molecule has 2 aromatic rings. The van der Waals surface area contributed by atoms with E-state index >= 15 is 0 Å². The van der Waals surface area contributed by atoms with Crippen molar-refractivity contribution in [1.29, 1.82) is 0 Å². The van der Waals surface area contributed by atoms with Crippen LogP contribution in [0.4, 0.5) is 0 Å². The van der Waals surface area contributed by atoms with Gasteiger partial charge in [0.05, 0.1) is 0 Å². The highest BCUT2D eigenvalue weighted by Gasteiger charge is 2.39. The van der Waals surface area contributed by atoms with Gasteiger partial charge in [-0.05, 0) is 48.9 Å². The Morgan fingerprint density at radius 1 is 0.850 bits per heavy atom. The minimum Gasteiger partial charge on any atom is -0.0622 e. The zero-order valence-corrected chi connectivity index (χ0v) is 13.3. The highest BCUT2D eigenvalue weighted by molar-refractivity contribution is 7.73. The number of rotatable bonds is 5. The predicted molar refractivity (Wildman–Crippen MR) is 90.4 cm³/mol. The van der Waals surface area contributed by atoms with Gasteiger partial charge in [-0.1, -0.05) is 74.5 Å². The van der Waals surface area contributed by atoms with Crippen molar-refractivity contribution in [2.24, 2.45) is 11.3 Å². The first-order valence-corrected chi connectivity index (χ1v) is 9.07. The summed E-state index contributed by atoms with van der Waals surface area (Å²) in [7, 11) is -0.231. The van der Waals surface area contributed by atoms with Crippen LogP contribution < -0.4 is 10.6 Å². The fraction of sp³-hybridized carbons (Fsp3) is 0.368. The normalized spacial score (nSPS) is 15.6. The lowest BCUT2D eigenvalue weighted by Gasteiger charge is -2.31. The lowest BCUT2D eigenvalue weighted by molar-refractivity contribution is 0.359. The monoisotopic (exact) mass is 282 g/mol. The molecule has 0 heterocycles. The topological polar surface area (TPSA) is 0 Å². The van der Waals surface area contributed by atoms with E-state index in [1.165, 1.54) is 29.6 Å². The van der Waals surface area contributed by atoms with Crippen LogP contribution in [0.5, 0.6) is 0 Å². The first-order chi connectivity index (χ1) is 9.67. The van der Waals surface area contributed by atoms with Gasteiger partial charge in [0.1, 0.15) is 0 Å². The number of hydrogen-bond donors (Lipinski definition) is 0.